The van der Waals surface area contributed by atoms with Crippen LogP contribution in [-0.2, 0) is 30.4 Å². The highest BCUT2D eigenvalue weighted by Crippen LogP contribution is 2.43. The van der Waals surface area contributed by atoms with E-state index in [0.29, 0.717) is 12.1 Å². The van der Waals surface area contributed by atoms with Gasteiger partial charge in [0.1, 0.15) is 31.9 Å². The first kappa shape index (κ1) is 30.8. The molecule has 7 N–H and O–H groups in total. The molecule has 0 radical (unpaired) electrons. The largest absolute Gasteiger partial charge is 0.507 e. The monoisotopic (exact) mass is 666 g/mol. The molecule has 3 aromatic carbocycles. The fourth-order valence-corrected chi connectivity index (χ4v) is 5.49. The molecule has 16 nitrogen and oxygen atoms in total. The van der Waals surface area contributed by atoms with Crippen LogP contribution in [0.5, 0.6) is 5.75 Å². The lowest BCUT2D eigenvalue weighted by atomic mass is 10.1. The molecular weight excluding hydrogens is 654 g/mol. The molecule has 42 heavy (non-hydrogen) atoms. The van der Waals surface area contributed by atoms with E-state index in [-0.39, 0.29) is 5.69 Å². The molecule has 0 unspecified atom stereocenters. The number of phenolic OH excluding ortho intramolecular Hbond substituents is 1. The number of phenols is 1. The second-order valence-corrected chi connectivity index (χ2v) is 12.6. The zero-order chi connectivity index (χ0) is 31.4. The van der Waals surface area contributed by atoms with Crippen molar-refractivity contribution < 1.29 is 52.8 Å². The highest BCUT2D eigenvalue weighted by molar-refractivity contribution is 7.86. The smallest absolute Gasteiger partial charge is 0.313 e. The molecule has 0 bridgehead atoms. The van der Waals surface area contributed by atoms with Gasteiger partial charge in [-0.2, -0.15) is 44.0 Å². The van der Waals surface area contributed by atoms with Crippen molar-refractivity contribution in [2.24, 2.45) is 10.2 Å². The van der Waals surface area contributed by atoms with Gasteiger partial charge in [0.15, 0.2) is 5.82 Å². The predicted octanol–water partition coefficient (Wildman–Crippen LogP) is 3.75. The number of halogens is 3. The number of anilines is 3. The molecule has 4 rings (SSSR count). The van der Waals surface area contributed by atoms with Crippen LogP contribution in [0.15, 0.2) is 61.3 Å². The average molecular weight is 667 g/mol. The van der Waals surface area contributed by atoms with E-state index in [1.807, 2.05) is 0 Å². The van der Waals surface area contributed by atoms with Crippen LogP contribution in [0.3, 0.4) is 0 Å². The van der Waals surface area contributed by atoms with E-state index in [1.165, 1.54) is 0 Å². The molecule has 0 aliphatic carbocycles. The van der Waals surface area contributed by atoms with Gasteiger partial charge in [-0.3, -0.25) is 13.7 Å². The van der Waals surface area contributed by atoms with E-state index in [2.05, 4.69) is 25.5 Å². The molecule has 0 amide bonds. The molecule has 0 aliphatic rings. The number of nitrogens with two attached hydrogens (primary N) is 1. The van der Waals surface area contributed by atoms with Crippen LogP contribution in [0, 0.1) is 12.0 Å². The van der Waals surface area contributed by atoms with Gasteiger partial charge in [0, 0.05) is 17.1 Å². The van der Waals surface area contributed by atoms with E-state index in [1.54, 1.807) is 0 Å². The highest BCUT2D eigenvalue weighted by Gasteiger charge is 2.25. The van der Waals surface area contributed by atoms with Gasteiger partial charge in [-0.15, -0.1) is 10.2 Å². The zero-order valence-corrected chi connectivity index (χ0v) is 23.1. The van der Waals surface area contributed by atoms with Gasteiger partial charge in [-0.05, 0) is 35.7 Å². The summed E-state index contributed by atoms with van der Waals surface area (Å²) < 4.78 is 127. The fraction of sp³-hybridized carbons (Fsp3) is 0. The Morgan fingerprint density at radius 2 is 1.50 bits per heavy atom. The first-order valence-electron chi connectivity index (χ1n) is 10.5. The van der Waals surface area contributed by atoms with Crippen LogP contribution in [0.2, 0.25) is 5.02 Å². The van der Waals surface area contributed by atoms with Crippen molar-refractivity contribution in [3.05, 3.63) is 53.4 Å². The third-order valence-corrected chi connectivity index (χ3v) is 8.22. The zero-order valence-electron chi connectivity index (χ0n) is 19.9. The Morgan fingerprint density at radius 1 is 0.857 bits per heavy atom. The summed E-state index contributed by atoms with van der Waals surface area (Å²) in [6.07, 6.45) is -1.51. The number of rotatable bonds is 7. The van der Waals surface area contributed by atoms with Gasteiger partial charge >= 0.3 is 6.08 Å². The van der Waals surface area contributed by atoms with Crippen LogP contribution in [0.25, 0.3) is 10.8 Å². The SMILES string of the molecule is Nc1c(N=Nc2cc(Nc3nc(F)nc(F)c3Cl)ccc2S(=O)(=O)O)c(S(=O)(=O)O)cc2cc(S(=O)(=O)O)cc(O)c12. The third-order valence-electron chi connectivity index (χ3n) is 5.28. The molecule has 1 aromatic heterocycles. The number of benzene rings is 3. The number of nitrogen functional groups attached to an aromatic ring is 1. The molecule has 4 aromatic rings. The molecule has 0 saturated heterocycles. The highest BCUT2D eigenvalue weighted by atomic mass is 35.5. The number of aromatic nitrogens is 2. The predicted molar refractivity (Wildman–Crippen MR) is 140 cm³/mol. The lowest BCUT2D eigenvalue weighted by Crippen LogP contribution is -2.04. The maximum absolute atomic E-state index is 13.7. The van der Waals surface area contributed by atoms with Crippen LogP contribution < -0.4 is 11.1 Å². The van der Waals surface area contributed by atoms with E-state index >= 15 is 0 Å². The van der Waals surface area contributed by atoms with Crippen LogP contribution in [0.1, 0.15) is 0 Å². The number of azo groups is 1. The molecule has 0 fully saturated rings. The minimum atomic E-state index is -5.22. The fourth-order valence-electron chi connectivity index (χ4n) is 3.55. The normalized spacial score (nSPS) is 12.7. The molecule has 22 heteroatoms. The van der Waals surface area contributed by atoms with Crippen molar-refractivity contribution in [1.82, 2.24) is 9.97 Å². The Balaban J connectivity index is 1.94. The van der Waals surface area contributed by atoms with Gasteiger partial charge in [0.25, 0.3) is 30.4 Å². The summed E-state index contributed by atoms with van der Waals surface area (Å²) in [5.41, 5.74) is 3.47. The van der Waals surface area contributed by atoms with Crippen LogP contribution in [0.4, 0.5) is 37.3 Å². The van der Waals surface area contributed by atoms with Crippen molar-refractivity contribution >= 4 is 81.3 Å². The van der Waals surface area contributed by atoms with Gasteiger partial charge in [-0.1, -0.05) is 11.6 Å². The summed E-state index contributed by atoms with van der Waals surface area (Å²) in [6, 6.07) is 4.55. The van der Waals surface area contributed by atoms with E-state index in [0.717, 1.165) is 24.3 Å². The minimum absolute atomic E-state index is 0.187. The number of fused-ring (bicyclic) bond motifs is 1. The van der Waals surface area contributed by atoms with Crippen molar-refractivity contribution in [2.75, 3.05) is 11.1 Å². The Labute approximate surface area is 238 Å². The van der Waals surface area contributed by atoms with Crippen molar-refractivity contribution in [3.63, 3.8) is 0 Å². The Bertz CT molecular complexity index is 2170. The maximum atomic E-state index is 13.7. The Morgan fingerprint density at radius 3 is 2.10 bits per heavy atom. The van der Waals surface area contributed by atoms with Gasteiger partial charge in [0.2, 0.25) is 5.95 Å². The number of hydrogen-bond donors (Lipinski definition) is 6. The topological polar surface area (TPSA) is 272 Å². The lowest BCUT2D eigenvalue weighted by Gasteiger charge is -2.12. The summed E-state index contributed by atoms with van der Waals surface area (Å²) in [6.45, 7) is 0. The molecule has 0 spiro atoms. The molecule has 0 aliphatic heterocycles. The second-order valence-electron chi connectivity index (χ2n) is 8.06. The Kier molecular flexibility index (Phi) is 7.79. The minimum Gasteiger partial charge on any atom is -0.507 e. The van der Waals surface area contributed by atoms with E-state index in [9.17, 15) is 52.8 Å². The van der Waals surface area contributed by atoms with Crippen LogP contribution in [-0.4, -0.2) is 54.0 Å². The molecular formula is C20H13ClF2N6O10S3. The number of hydrogen-bond acceptors (Lipinski definition) is 13. The first-order valence-corrected chi connectivity index (χ1v) is 15.2. The quantitative estimate of drug-likeness (QED) is 0.0539. The molecule has 0 saturated carbocycles. The summed E-state index contributed by atoms with van der Waals surface area (Å²) in [4.78, 5) is 3.19. The maximum Gasteiger partial charge on any atom is 0.313 e. The first-order chi connectivity index (χ1) is 19.3. The summed E-state index contributed by atoms with van der Waals surface area (Å²) in [5, 5.41) is 18.3. The summed E-state index contributed by atoms with van der Waals surface area (Å²) >= 11 is 5.70. The number of nitrogens with one attached hydrogen (secondary N) is 1. The number of nitrogens with zero attached hydrogens (tertiary/aromatic N) is 4. The lowest BCUT2D eigenvalue weighted by molar-refractivity contribution is 0.471. The van der Waals surface area contributed by atoms with E-state index < -0.39 is 101 Å². The average Bonchev–Trinajstić information content (AvgIpc) is 2.84. The van der Waals surface area contributed by atoms with Gasteiger partial charge in [-0.25, -0.2) is 0 Å². The standard InChI is InChI=1S/C20H13ClF2N6O10S3/c21-15-18(22)26-20(23)27-19(15)25-8-1-2-12(41(34,35)36)10(5-8)28-29-17-13(42(37,38)39)4-7-3-9(40(31,32)33)6-11(30)14(7)16(17)24/h1-6,30H,24H2,(H,25,26,27)(H,31,32,33)(H,34,35,36)(H,37,38,39). The van der Waals surface area contributed by atoms with Gasteiger partial charge in [0.05, 0.1) is 10.6 Å². The molecule has 222 valence electrons. The number of aromatic hydroxyl groups is 1. The van der Waals surface area contributed by atoms with Crippen LogP contribution >= 0.6 is 11.6 Å². The van der Waals surface area contributed by atoms with Crippen molar-refractivity contribution in [3.8, 4) is 5.75 Å². The summed E-state index contributed by atoms with van der Waals surface area (Å²) in [5.74, 6) is -2.91. The summed E-state index contributed by atoms with van der Waals surface area (Å²) in [7, 11) is -15.1. The van der Waals surface area contributed by atoms with Gasteiger partial charge < -0.3 is 16.2 Å². The van der Waals surface area contributed by atoms with Crippen molar-refractivity contribution in [2.45, 2.75) is 14.7 Å². The van der Waals surface area contributed by atoms with Crippen molar-refractivity contribution in [1.29, 1.82) is 0 Å². The van der Waals surface area contributed by atoms with E-state index in [4.69, 9.17) is 17.3 Å². The Hall–Kier alpha value is -4.12. The molecule has 0 atom stereocenters. The second kappa shape index (κ2) is 10.6. The third kappa shape index (κ3) is 6.20. The molecule has 1 heterocycles.